The lowest BCUT2D eigenvalue weighted by Crippen LogP contribution is -2.27. The molecule has 0 saturated heterocycles. The zero-order valence-electron chi connectivity index (χ0n) is 9.03. The highest BCUT2D eigenvalue weighted by atomic mass is 19.3. The number of hydrogen-bond donors (Lipinski definition) is 2. The van der Waals surface area contributed by atoms with E-state index in [-0.39, 0.29) is 24.5 Å². The molecule has 0 aliphatic heterocycles. The van der Waals surface area contributed by atoms with Gasteiger partial charge in [-0.15, -0.1) is 0 Å². The summed E-state index contributed by atoms with van der Waals surface area (Å²) in [5.74, 6) is -0.595. The quantitative estimate of drug-likeness (QED) is 0.745. The van der Waals surface area contributed by atoms with Crippen LogP contribution >= 0.6 is 0 Å². The van der Waals surface area contributed by atoms with Crippen molar-refractivity contribution in [2.45, 2.75) is 6.43 Å². The number of para-hydroxylation sites is 1. The number of alkyl halides is 2. The van der Waals surface area contributed by atoms with Crippen LogP contribution < -0.4 is 5.32 Å². The van der Waals surface area contributed by atoms with Gasteiger partial charge in [0.15, 0.2) is 0 Å². The average molecular weight is 245 g/mol. The Balaban J connectivity index is 2.29. The smallest absolute Gasteiger partial charge is 0.261 e. The number of phenols is 1. The summed E-state index contributed by atoms with van der Waals surface area (Å²) in [4.78, 5) is 11.5. The normalized spacial score (nSPS) is 10.5. The van der Waals surface area contributed by atoms with Crippen molar-refractivity contribution in [2.75, 3.05) is 19.8 Å². The minimum Gasteiger partial charge on any atom is -0.507 e. The summed E-state index contributed by atoms with van der Waals surface area (Å²) in [6.45, 7) is -0.532. The highest BCUT2D eigenvalue weighted by Gasteiger charge is 2.09. The van der Waals surface area contributed by atoms with E-state index in [0.29, 0.717) is 0 Å². The van der Waals surface area contributed by atoms with Crippen LogP contribution in [0.15, 0.2) is 24.3 Å². The molecule has 1 rings (SSSR count). The minimum atomic E-state index is -2.51. The molecule has 0 bridgehead atoms. The second kappa shape index (κ2) is 6.80. The third-order valence-corrected chi connectivity index (χ3v) is 1.92. The molecule has 0 saturated carbocycles. The van der Waals surface area contributed by atoms with Crippen LogP contribution in [0.5, 0.6) is 5.75 Å². The van der Waals surface area contributed by atoms with Crippen molar-refractivity contribution in [1.82, 2.24) is 5.32 Å². The SMILES string of the molecule is O=C(NCCOCC(F)F)c1ccccc1O. The molecule has 0 aliphatic rings. The first kappa shape index (κ1) is 13.4. The predicted molar refractivity (Wildman–Crippen MR) is 57.3 cm³/mol. The summed E-state index contributed by atoms with van der Waals surface area (Å²) in [6.07, 6.45) is -2.51. The first-order valence-corrected chi connectivity index (χ1v) is 5.03. The standard InChI is InChI=1S/C11H13F2NO3/c12-10(13)7-17-6-5-14-11(16)8-3-1-2-4-9(8)15/h1-4,10,15H,5-7H2,(H,14,16). The molecular formula is C11H13F2NO3. The number of nitrogens with one attached hydrogen (secondary N) is 1. The Kier molecular flexibility index (Phi) is 5.35. The molecule has 0 spiro atoms. The van der Waals surface area contributed by atoms with E-state index < -0.39 is 18.9 Å². The predicted octanol–water partition coefficient (Wildman–Crippen LogP) is 1.40. The second-order valence-electron chi connectivity index (χ2n) is 3.24. The van der Waals surface area contributed by atoms with E-state index in [4.69, 9.17) is 0 Å². The molecule has 17 heavy (non-hydrogen) atoms. The Hall–Kier alpha value is -1.69. The molecule has 4 nitrogen and oxygen atoms in total. The minimum absolute atomic E-state index is 0.00365. The van der Waals surface area contributed by atoms with E-state index in [1.165, 1.54) is 12.1 Å². The topological polar surface area (TPSA) is 58.6 Å². The van der Waals surface area contributed by atoms with Crippen LogP contribution in [-0.4, -0.2) is 37.2 Å². The molecule has 94 valence electrons. The van der Waals surface area contributed by atoms with Gasteiger partial charge in [-0.3, -0.25) is 4.79 Å². The molecule has 2 N–H and O–H groups in total. The number of hydrogen-bond acceptors (Lipinski definition) is 3. The van der Waals surface area contributed by atoms with Crippen LogP contribution in [0.1, 0.15) is 10.4 Å². The summed E-state index contributed by atoms with van der Waals surface area (Å²) in [5.41, 5.74) is 0.140. The van der Waals surface area contributed by atoms with Gasteiger partial charge in [0, 0.05) is 6.54 Å². The van der Waals surface area contributed by atoms with Crippen molar-refractivity contribution >= 4 is 5.91 Å². The lowest BCUT2D eigenvalue weighted by atomic mass is 10.2. The summed E-state index contributed by atoms with van der Waals surface area (Å²) < 4.78 is 28.0. The molecule has 1 aromatic carbocycles. The number of amides is 1. The van der Waals surface area contributed by atoms with Gasteiger partial charge in [0.05, 0.1) is 12.2 Å². The Morgan fingerprint density at radius 1 is 1.41 bits per heavy atom. The van der Waals surface area contributed by atoms with Crippen molar-refractivity contribution < 1.29 is 23.4 Å². The fourth-order valence-electron chi connectivity index (χ4n) is 1.17. The van der Waals surface area contributed by atoms with Gasteiger partial charge >= 0.3 is 0 Å². The lowest BCUT2D eigenvalue weighted by Gasteiger charge is -2.07. The van der Waals surface area contributed by atoms with E-state index in [2.05, 4.69) is 10.1 Å². The Morgan fingerprint density at radius 2 is 2.12 bits per heavy atom. The molecule has 1 aromatic rings. The van der Waals surface area contributed by atoms with Crippen molar-refractivity contribution in [3.8, 4) is 5.75 Å². The van der Waals surface area contributed by atoms with Crippen LogP contribution in [0.25, 0.3) is 0 Å². The maximum absolute atomic E-state index is 11.7. The zero-order chi connectivity index (χ0) is 12.7. The van der Waals surface area contributed by atoms with Crippen molar-refractivity contribution in [1.29, 1.82) is 0 Å². The number of carbonyl (C=O) groups is 1. The molecule has 1 amide bonds. The molecule has 0 radical (unpaired) electrons. The van der Waals surface area contributed by atoms with E-state index in [1.807, 2.05) is 0 Å². The molecule has 0 aromatic heterocycles. The van der Waals surface area contributed by atoms with E-state index in [1.54, 1.807) is 12.1 Å². The van der Waals surface area contributed by atoms with Gasteiger partial charge in [0.1, 0.15) is 12.4 Å². The van der Waals surface area contributed by atoms with Gasteiger partial charge in [-0.25, -0.2) is 8.78 Å². The van der Waals surface area contributed by atoms with Crippen molar-refractivity contribution in [3.05, 3.63) is 29.8 Å². The van der Waals surface area contributed by atoms with Gasteiger partial charge in [0.25, 0.3) is 12.3 Å². The van der Waals surface area contributed by atoms with Crippen LogP contribution in [0.4, 0.5) is 8.78 Å². The number of rotatable bonds is 6. The highest BCUT2D eigenvalue weighted by molar-refractivity contribution is 5.96. The molecule has 0 heterocycles. The van der Waals surface area contributed by atoms with Gasteiger partial charge in [-0.1, -0.05) is 12.1 Å². The fraction of sp³-hybridized carbons (Fsp3) is 0.364. The summed E-state index contributed by atoms with van der Waals surface area (Å²) in [6, 6.07) is 6.06. The first-order valence-electron chi connectivity index (χ1n) is 5.03. The number of carbonyl (C=O) groups excluding carboxylic acids is 1. The van der Waals surface area contributed by atoms with Crippen molar-refractivity contribution in [3.63, 3.8) is 0 Å². The van der Waals surface area contributed by atoms with Crippen LogP contribution in [0.3, 0.4) is 0 Å². The molecular weight excluding hydrogens is 232 g/mol. The van der Waals surface area contributed by atoms with Gasteiger partial charge < -0.3 is 15.2 Å². The van der Waals surface area contributed by atoms with Crippen LogP contribution in [0.2, 0.25) is 0 Å². The maximum Gasteiger partial charge on any atom is 0.261 e. The fourth-order valence-corrected chi connectivity index (χ4v) is 1.17. The van der Waals surface area contributed by atoms with Crippen LogP contribution in [-0.2, 0) is 4.74 Å². The monoisotopic (exact) mass is 245 g/mol. The number of benzene rings is 1. The van der Waals surface area contributed by atoms with Crippen LogP contribution in [0, 0.1) is 0 Å². The third kappa shape index (κ3) is 4.78. The average Bonchev–Trinajstić information content (AvgIpc) is 2.28. The first-order chi connectivity index (χ1) is 8.11. The zero-order valence-corrected chi connectivity index (χ0v) is 9.03. The molecule has 0 atom stereocenters. The number of ether oxygens (including phenoxy) is 1. The van der Waals surface area contributed by atoms with E-state index in [9.17, 15) is 18.7 Å². The molecule has 0 unspecified atom stereocenters. The maximum atomic E-state index is 11.7. The number of halogens is 2. The Morgan fingerprint density at radius 3 is 2.76 bits per heavy atom. The lowest BCUT2D eigenvalue weighted by molar-refractivity contribution is 0.0188. The second-order valence-corrected chi connectivity index (χ2v) is 3.24. The summed E-state index contributed by atoms with van der Waals surface area (Å²) >= 11 is 0. The van der Waals surface area contributed by atoms with E-state index >= 15 is 0 Å². The summed E-state index contributed by atoms with van der Waals surface area (Å²) in [5, 5.41) is 11.8. The van der Waals surface area contributed by atoms with E-state index in [0.717, 1.165) is 0 Å². The number of phenolic OH excluding ortho intramolecular Hbond substituents is 1. The van der Waals surface area contributed by atoms with Gasteiger partial charge in [-0.05, 0) is 12.1 Å². The van der Waals surface area contributed by atoms with Gasteiger partial charge in [0.2, 0.25) is 0 Å². The summed E-state index contributed by atoms with van der Waals surface area (Å²) in [7, 11) is 0. The Bertz CT molecular complexity index is 371. The molecule has 0 fully saturated rings. The Labute approximate surface area is 97.2 Å². The van der Waals surface area contributed by atoms with Crippen molar-refractivity contribution in [2.24, 2.45) is 0 Å². The third-order valence-electron chi connectivity index (χ3n) is 1.92. The largest absolute Gasteiger partial charge is 0.507 e. The number of aromatic hydroxyl groups is 1. The molecule has 0 aliphatic carbocycles. The highest BCUT2D eigenvalue weighted by Crippen LogP contribution is 2.14. The molecule has 6 heteroatoms. The van der Waals surface area contributed by atoms with Gasteiger partial charge in [-0.2, -0.15) is 0 Å².